The highest BCUT2D eigenvalue weighted by Gasteiger charge is 2.28. The van der Waals surface area contributed by atoms with Gasteiger partial charge < -0.3 is 5.73 Å². The Morgan fingerprint density at radius 2 is 2.15 bits per heavy atom. The van der Waals surface area contributed by atoms with Crippen LogP contribution in [0.25, 0.3) is 0 Å². The van der Waals surface area contributed by atoms with E-state index in [9.17, 15) is 4.39 Å². The van der Waals surface area contributed by atoms with Gasteiger partial charge in [0, 0.05) is 23.1 Å². The number of benzene rings is 1. The molecule has 1 aliphatic heterocycles. The molecule has 2 rings (SSSR count). The van der Waals surface area contributed by atoms with Crippen LogP contribution in [0, 0.1) is 11.7 Å². The molecule has 0 aromatic heterocycles. The Morgan fingerprint density at radius 3 is 2.70 bits per heavy atom. The van der Waals surface area contributed by atoms with Gasteiger partial charge in [0.05, 0.1) is 0 Å². The van der Waals surface area contributed by atoms with Crippen molar-refractivity contribution in [2.45, 2.75) is 38.8 Å². The number of nitrogens with two attached hydrogens (primary N) is 1. The van der Waals surface area contributed by atoms with E-state index < -0.39 is 0 Å². The van der Waals surface area contributed by atoms with Crippen LogP contribution < -0.4 is 5.73 Å². The SMILES string of the molecule is CC(N)C1CCN(C(C)Cc2ccc(Br)cc2F)C1.Cl. The van der Waals surface area contributed by atoms with Crippen molar-refractivity contribution in [1.29, 1.82) is 0 Å². The first-order chi connectivity index (χ1) is 8.97. The maximum Gasteiger partial charge on any atom is 0.127 e. The van der Waals surface area contributed by atoms with E-state index in [-0.39, 0.29) is 24.3 Å². The molecule has 3 atom stereocenters. The van der Waals surface area contributed by atoms with E-state index in [0.29, 0.717) is 12.0 Å². The van der Waals surface area contributed by atoms with Crippen molar-refractivity contribution in [1.82, 2.24) is 4.90 Å². The highest BCUT2D eigenvalue weighted by atomic mass is 79.9. The van der Waals surface area contributed by atoms with Crippen molar-refractivity contribution < 1.29 is 4.39 Å². The van der Waals surface area contributed by atoms with Gasteiger partial charge in [-0.2, -0.15) is 0 Å². The van der Waals surface area contributed by atoms with Gasteiger partial charge in [-0.1, -0.05) is 22.0 Å². The topological polar surface area (TPSA) is 29.3 Å². The van der Waals surface area contributed by atoms with Crippen LogP contribution in [0.2, 0.25) is 0 Å². The largest absolute Gasteiger partial charge is 0.328 e. The fourth-order valence-corrected chi connectivity index (χ4v) is 3.11. The third-order valence-corrected chi connectivity index (χ3v) is 4.65. The zero-order valence-electron chi connectivity index (χ0n) is 12.0. The predicted octanol–water partition coefficient (Wildman–Crippen LogP) is 3.61. The van der Waals surface area contributed by atoms with Crippen LogP contribution >= 0.6 is 28.3 Å². The maximum absolute atomic E-state index is 13.8. The number of rotatable bonds is 4. The molecule has 2 N–H and O–H groups in total. The molecular weight excluding hydrogens is 343 g/mol. The van der Waals surface area contributed by atoms with E-state index in [4.69, 9.17) is 5.73 Å². The van der Waals surface area contributed by atoms with Gasteiger partial charge in [-0.15, -0.1) is 12.4 Å². The highest BCUT2D eigenvalue weighted by Crippen LogP contribution is 2.23. The van der Waals surface area contributed by atoms with Gasteiger partial charge in [-0.3, -0.25) is 4.90 Å². The Morgan fingerprint density at radius 1 is 1.45 bits per heavy atom. The minimum absolute atomic E-state index is 0. The molecule has 0 bridgehead atoms. The number of nitrogens with zero attached hydrogens (tertiary/aromatic N) is 1. The van der Waals surface area contributed by atoms with Crippen molar-refractivity contribution >= 4 is 28.3 Å². The van der Waals surface area contributed by atoms with Crippen LogP contribution in [-0.2, 0) is 6.42 Å². The molecule has 20 heavy (non-hydrogen) atoms. The first-order valence-electron chi connectivity index (χ1n) is 6.91. The average molecular weight is 366 g/mol. The van der Waals surface area contributed by atoms with Gasteiger partial charge in [-0.05, 0) is 56.8 Å². The van der Waals surface area contributed by atoms with Gasteiger partial charge >= 0.3 is 0 Å². The normalized spacial score (nSPS) is 22.4. The number of hydrogen-bond acceptors (Lipinski definition) is 2. The van der Waals surface area contributed by atoms with Crippen molar-refractivity contribution in [3.05, 3.63) is 34.1 Å². The van der Waals surface area contributed by atoms with E-state index in [1.165, 1.54) is 6.07 Å². The second kappa shape index (κ2) is 7.74. The van der Waals surface area contributed by atoms with Crippen molar-refractivity contribution in [3.8, 4) is 0 Å². The number of halogens is 3. The molecule has 0 spiro atoms. The molecule has 1 fully saturated rings. The van der Waals surface area contributed by atoms with Crippen molar-refractivity contribution in [2.24, 2.45) is 11.7 Å². The van der Waals surface area contributed by atoms with Crippen molar-refractivity contribution in [3.63, 3.8) is 0 Å². The predicted molar refractivity (Wildman–Crippen MR) is 87.8 cm³/mol. The fourth-order valence-electron chi connectivity index (χ4n) is 2.78. The Bertz CT molecular complexity index is 442. The quantitative estimate of drug-likeness (QED) is 0.883. The number of hydrogen-bond donors (Lipinski definition) is 1. The Balaban J connectivity index is 0.00000200. The second-order valence-electron chi connectivity index (χ2n) is 5.69. The first kappa shape index (κ1) is 17.9. The molecule has 5 heteroatoms. The molecule has 1 aliphatic rings. The summed E-state index contributed by atoms with van der Waals surface area (Å²) in [5.74, 6) is 0.460. The summed E-state index contributed by atoms with van der Waals surface area (Å²) in [4.78, 5) is 2.43. The zero-order valence-corrected chi connectivity index (χ0v) is 14.4. The Labute approximate surface area is 135 Å². The standard InChI is InChI=1S/C15H22BrFN2.ClH/c1-10(19-6-5-13(9-19)11(2)18)7-12-3-4-14(16)8-15(12)17;/h3-4,8,10-11,13H,5-7,9,18H2,1-2H3;1H. The molecule has 0 amide bonds. The molecule has 1 heterocycles. The lowest BCUT2D eigenvalue weighted by molar-refractivity contribution is 0.242. The lowest BCUT2D eigenvalue weighted by Crippen LogP contribution is -2.35. The molecule has 1 aromatic rings. The maximum atomic E-state index is 13.8. The van der Waals surface area contributed by atoms with Gasteiger partial charge in [0.15, 0.2) is 0 Å². The van der Waals surface area contributed by atoms with Crippen LogP contribution in [0.15, 0.2) is 22.7 Å². The fraction of sp³-hybridized carbons (Fsp3) is 0.600. The van der Waals surface area contributed by atoms with Crippen LogP contribution in [0.3, 0.4) is 0 Å². The molecule has 114 valence electrons. The zero-order chi connectivity index (χ0) is 14.0. The number of likely N-dealkylation sites (tertiary alicyclic amines) is 1. The molecule has 1 saturated heterocycles. The summed E-state index contributed by atoms with van der Waals surface area (Å²) in [6.07, 6.45) is 1.91. The minimum atomic E-state index is -0.121. The lowest BCUT2D eigenvalue weighted by atomic mass is 10.0. The van der Waals surface area contributed by atoms with E-state index in [0.717, 1.165) is 36.0 Å². The van der Waals surface area contributed by atoms with Crippen LogP contribution in [0.4, 0.5) is 4.39 Å². The smallest absolute Gasteiger partial charge is 0.127 e. The van der Waals surface area contributed by atoms with E-state index >= 15 is 0 Å². The molecule has 2 nitrogen and oxygen atoms in total. The minimum Gasteiger partial charge on any atom is -0.328 e. The first-order valence-corrected chi connectivity index (χ1v) is 7.70. The van der Waals surface area contributed by atoms with Crippen LogP contribution in [0.5, 0.6) is 0 Å². The Kier molecular flexibility index (Phi) is 6.92. The van der Waals surface area contributed by atoms with Crippen LogP contribution in [-0.4, -0.2) is 30.1 Å². The van der Waals surface area contributed by atoms with E-state index in [1.54, 1.807) is 0 Å². The summed E-state index contributed by atoms with van der Waals surface area (Å²) in [7, 11) is 0. The van der Waals surface area contributed by atoms with E-state index in [1.807, 2.05) is 12.1 Å². The second-order valence-corrected chi connectivity index (χ2v) is 6.61. The monoisotopic (exact) mass is 364 g/mol. The molecule has 0 aliphatic carbocycles. The molecule has 0 saturated carbocycles. The molecule has 3 unspecified atom stereocenters. The molecule has 1 aromatic carbocycles. The van der Waals surface area contributed by atoms with Crippen molar-refractivity contribution in [2.75, 3.05) is 13.1 Å². The summed E-state index contributed by atoms with van der Waals surface area (Å²) in [5.41, 5.74) is 6.75. The summed E-state index contributed by atoms with van der Waals surface area (Å²) < 4.78 is 14.6. The van der Waals surface area contributed by atoms with Gasteiger partial charge in [-0.25, -0.2) is 4.39 Å². The van der Waals surface area contributed by atoms with Gasteiger partial charge in [0.2, 0.25) is 0 Å². The lowest BCUT2D eigenvalue weighted by Gasteiger charge is -2.25. The third kappa shape index (κ3) is 4.42. The summed E-state index contributed by atoms with van der Waals surface area (Å²) >= 11 is 3.29. The average Bonchev–Trinajstić information content (AvgIpc) is 2.82. The Hall–Kier alpha value is -0.160. The van der Waals surface area contributed by atoms with Gasteiger partial charge in [0.1, 0.15) is 5.82 Å². The summed E-state index contributed by atoms with van der Waals surface area (Å²) in [6.45, 7) is 6.36. The molecular formula is C15H23BrClFN2. The molecule has 0 radical (unpaired) electrons. The summed E-state index contributed by atoms with van der Waals surface area (Å²) in [5, 5.41) is 0. The third-order valence-electron chi connectivity index (χ3n) is 4.15. The van der Waals surface area contributed by atoms with Gasteiger partial charge in [0.25, 0.3) is 0 Å². The highest BCUT2D eigenvalue weighted by molar-refractivity contribution is 9.10. The van der Waals surface area contributed by atoms with Crippen LogP contribution in [0.1, 0.15) is 25.8 Å². The summed E-state index contributed by atoms with van der Waals surface area (Å²) in [6, 6.07) is 5.92. The van der Waals surface area contributed by atoms with E-state index in [2.05, 4.69) is 34.7 Å².